The predicted molar refractivity (Wildman–Crippen MR) is 45.2 cm³/mol. The molecule has 0 unspecified atom stereocenters. The highest BCUT2D eigenvalue weighted by Crippen LogP contribution is 1.83. The largest absolute Gasteiger partial charge is 0.318 e. The number of likely N-dealkylation sites (N-methyl/N-ethyl adjacent to an activating group) is 1. The summed E-state index contributed by atoms with van der Waals surface area (Å²) in [7, 11) is 1.96. The van der Waals surface area contributed by atoms with E-state index in [4.69, 9.17) is 0 Å². The molecule has 0 aliphatic heterocycles. The zero-order valence-electron chi connectivity index (χ0n) is 5.91. The third-order valence-corrected chi connectivity index (χ3v) is 1.60. The van der Waals surface area contributed by atoms with E-state index in [0.29, 0.717) is 0 Å². The smallest absolute Gasteiger partial charge is 0.00766 e. The molecule has 0 aromatic carbocycles. The minimum Gasteiger partial charge on any atom is -0.318 e. The van der Waals surface area contributed by atoms with E-state index in [1.807, 2.05) is 7.05 Å². The van der Waals surface area contributed by atoms with Crippen molar-refractivity contribution in [2.45, 2.75) is 6.42 Å². The average molecular weight is 195 g/mol. The zero-order valence-corrected chi connectivity index (χ0v) is 7.50. The molecule has 0 atom stereocenters. The van der Waals surface area contributed by atoms with Crippen LogP contribution in [0.1, 0.15) is 6.42 Å². The molecule has 0 amide bonds. The van der Waals surface area contributed by atoms with Crippen molar-refractivity contribution in [3.8, 4) is 0 Å². The number of hydrogen-bond donors (Lipinski definition) is 2. The van der Waals surface area contributed by atoms with E-state index in [-0.39, 0.29) is 0 Å². The maximum absolute atomic E-state index is 3.36. The summed E-state index contributed by atoms with van der Waals surface area (Å²) in [6.07, 6.45) is 1.21. The second kappa shape index (κ2) is 8.40. The van der Waals surface area contributed by atoms with Gasteiger partial charge in [0.05, 0.1) is 0 Å². The van der Waals surface area contributed by atoms with Gasteiger partial charge < -0.3 is 10.6 Å². The maximum atomic E-state index is 3.36. The summed E-state index contributed by atoms with van der Waals surface area (Å²) in [5.41, 5.74) is 0. The van der Waals surface area contributed by atoms with Crippen LogP contribution in [0.25, 0.3) is 0 Å². The Morgan fingerprint density at radius 3 is 2.56 bits per heavy atom. The lowest BCUT2D eigenvalue weighted by Crippen LogP contribution is -2.25. The van der Waals surface area contributed by atoms with Crippen LogP contribution in [0.3, 0.4) is 0 Å². The fourth-order valence-electron chi connectivity index (χ4n) is 0.530. The lowest BCUT2D eigenvalue weighted by molar-refractivity contribution is 0.644. The first-order chi connectivity index (χ1) is 4.41. The first-order valence-electron chi connectivity index (χ1n) is 3.33. The molecule has 0 rings (SSSR count). The highest BCUT2D eigenvalue weighted by Gasteiger charge is 1.83. The Morgan fingerprint density at radius 1 is 1.22 bits per heavy atom. The van der Waals surface area contributed by atoms with Crippen LogP contribution in [0.15, 0.2) is 0 Å². The van der Waals surface area contributed by atoms with Crippen LogP contribution in [-0.2, 0) is 0 Å². The van der Waals surface area contributed by atoms with Crippen LogP contribution in [0.2, 0.25) is 0 Å². The molecule has 0 aromatic rings. The molecule has 0 radical (unpaired) electrons. The molecule has 0 aliphatic rings. The summed E-state index contributed by atoms with van der Waals surface area (Å²) in [6.45, 7) is 3.25. The lowest BCUT2D eigenvalue weighted by Gasteiger charge is -2.00. The van der Waals surface area contributed by atoms with Gasteiger partial charge in [0.2, 0.25) is 0 Å². The molecule has 0 aliphatic carbocycles. The number of alkyl halides is 1. The standard InChI is InChI=1S/C6H15BrN2/c1-8-5-6-9-4-2-3-7/h8-9H,2-6H2,1H3. The van der Waals surface area contributed by atoms with Crippen molar-refractivity contribution in [2.75, 3.05) is 32.0 Å². The van der Waals surface area contributed by atoms with Gasteiger partial charge in [0.1, 0.15) is 0 Å². The molecular weight excluding hydrogens is 180 g/mol. The van der Waals surface area contributed by atoms with Gasteiger partial charge in [-0.25, -0.2) is 0 Å². The third kappa shape index (κ3) is 8.40. The summed E-state index contributed by atoms with van der Waals surface area (Å²) < 4.78 is 0. The SMILES string of the molecule is CNCCNCCCBr. The van der Waals surface area contributed by atoms with E-state index in [2.05, 4.69) is 26.6 Å². The summed E-state index contributed by atoms with van der Waals surface area (Å²) in [5.74, 6) is 0. The predicted octanol–water partition coefficient (Wildman–Crippen LogP) is 0.580. The third-order valence-electron chi connectivity index (χ3n) is 1.04. The van der Waals surface area contributed by atoms with E-state index >= 15 is 0 Å². The Bertz CT molecular complexity index is 44.3. The monoisotopic (exact) mass is 194 g/mol. The van der Waals surface area contributed by atoms with Crippen molar-refractivity contribution in [3.05, 3.63) is 0 Å². The van der Waals surface area contributed by atoms with E-state index in [1.54, 1.807) is 0 Å². The maximum Gasteiger partial charge on any atom is 0.00766 e. The number of rotatable bonds is 6. The second-order valence-corrected chi connectivity index (χ2v) is 2.69. The van der Waals surface area contributed by atoms with E-state index in [0.717, 1.165) is 25.0 Å². The first-order valence-corrected chi connectivity index (χ1v) is 4.45. The minimum absolute atomic E-state index is 1.06. The van der Waals surface area contributed by atoms with Gasteiger partial charge in [0, 0.05) is 18.4 Å². The molecule has 0 saturated carbocycles. The molecule has 0 spiro atoms. The molecular formula is C6H15BrN2. The van der Waals surface area contributed by atoms with Crippen LogP contribution in [0, 0.1) is 0 Å². The Balaban J connectivity index is 2.60. The van der Waals surface area contributed by atoms with E-state index in [9.17, 15) is 0 Å². The molecule has 56 valence electrons. The van der Waals surface area contributed by atoms with Crippen molar-refractivity contribution in [2.24, 2.45) is 0 Å². The number of hydrogen-bond acceptors (Lipinski definition) is 2. The molecule has 0 bridgehead atoms. The summed E-state index contributed by atoms with van der Waals surface area (Å²) in [6, 6.07) is 0. The number of halogens is 1. The van der Waals surface area contributed by atoms with E-state index < -0.39 is 0 Å². The zero-order chi connectivity index (χ0) is 6.95. The fraction of sp³-hybridized carbons (Fsp3) is 1.00. The van der Waals surface area contributed by atoms with Crippen LogP contribution >= 0.6 is 15.9 Å². The number of nitrogens with one attached hydrogen (secondary N) is 2. The lowest BCUT2D eigenvalue weighted by atomic mass is 10.5. The van der Waals surface area contributed by atoms with Crippen LogP contribution in [0.5, 0.6) is 0 Å². The molecule has 0 fully saturated rings. The van der Waals surface area contributed by atoms with Gasteiger partial charge in [-0.2, -0.15) is 0 Å². The highest BCUT2D eigenvalue weighted by atomic mass is 79.9. The quantitative estimate of drug-likeness (QED) is 0.478. The van der Waals surface area contributed by atoms with Crippen LogP contribution in [-0.4, -0.2) is 32.0 Å². The van der Waals surface area contributed by atoms with Crippen LogP contribution in [0.4, 0.5) is 0 Å². The molecule has 0 aromatic heterocycles. The normalized spacial score (nSPS) is 10.0. The van der Waals surface area contributed by atoms with Crippen molar-refractivity contribution in [3.63, 3.8) is 0 Å². The highest BCUT2D eigenvalue weighted by molar-refractivity contribution is 9.09. The van der Waals surface area contributed by atoms with Gasteiger partial charge in [-0.3, -0.25) is 0 Å². The van der Waals surface area contributed by atoms with Gasteiger partial charge in [-0.1, -0.05) is 15.9 Å². The summed E-state index contributed by atoms with van der Waals surface area (Å²) >= 11 is 3.36. The topological polar surface area (TPSA) is 24.1 Å². The van der Waals surface area contributed by atoms with Crippen molar-refractivity contribution in [1.82, 2.24) is 10.6 Å². The van der Waals surface area contributed by atoms with Crippen molar-refractivity contribution >= 4 is 15.9 Å². The Morgan fingerprint density at radius 2 is 2.00 bits per heavy atom. The molecule has 9 heavy (non-hydrogen) atoms. The first kappa shape index (κ1) is 9.40. The Labute approximate surface area is 65.5 Å². The van der Waals surface area contributed by atoms with Crippen LogP contribution < -0.4 is 10.6 Å². The Kier molecular flexibility index (Phi) is 8.77. The summed E-state index contributed by atoms with van der Waals surface area (Å²) in [4.78, 5) is 0. The average Bonchev–Trinajstić information content (AvgIpc) is 1.89. The van der Waals surface area contributed by atoms with Gasteiger partial charge in [0.25, 0.3) is 0 Å². The molecule has 2 N–H and O–H groups in total. The fourth-order valence-corrected chi connectivity index (χ4v) is 0.811. The molecule has 2 nitrogen and oxygen atoms in total. The second-order valence-electron chi connectivity index (χ2n) is 1.90. The van der Waals surface area contributed by atoms with E-state index in [1.165, 1.54) is 6.42 Å². The molecule has 3 heteroatoms. The van der Waals surface area contributed by atoms with Gasteiger partial charge in [-0.05, 0) is 20.0 Å². The minimum atomic E-state index is 1.06. The Hall–Kier alpha value is 0.400. The summed E-state index contributed by atoms with van der Waals surface area (Å²) in [5, 5.41) is 7.46. The van der Waals surface area contributed by atoms with Gasteiger partial charge in [0.15, 0.2) is 0 Å². The van der Waals surface area contributed by atoms with Crippen molar-refractivity contribution < 1.29 is 0 Å². The van der Waals surface area contributed by atoms with Crippen molar-refractivity contribution in [1.29, 1.82) is 0 Å². The van der Waals surface area contributed by atoms with Gasteiger partial charge >= 0.3 is 0 Å². The molecule has 0 saturated heterocycles. The molecule has 0 heterocycles. The van der Waals surface area contributed by atoms with Gasteiger partial charge in [-0.15, -0.1) is 0 Å².